The van der Waals surface area contributed by atoms with E-state index in [2.05, 4.69) is 10.2 Å². The average Bonchev–Trinajstić information content (AvgIpc) is 3.22. The van der Waals surface area contributed by atoms with Gasteiger partial charge in [-0.2, -0.15) is 10.2 Å². The van der Waals surface area contributed by atoms with E-state index in [9.17, 15) is 4.79 Å². The van der Waals surface area contributed by atoms with E-state index in [0.717, 1.165) is 22.6 Å². The van der Waals surface area contributed by atoms with Crippen molar-refractivity contribution >= 4 is 11.9 Å². The van der Waals surface area contributed by atoms with Crippen molar-refractivity contribution in [2.75, 3.05) is 7.11 Å². The summed E-state index contributed by atoms with van der Waals surface area (Å²) >= 11 is 0. The second-order valence-electron chi connectivity index (χ2n) is 5.77. The molecule has 0 bridgehead atoms. The molecule has 0 spiro atoms. The fraction of sp³-hybridized carbons (Fsp3) is 0.211. The van der Waals surface area contributed by atoms with E-state index in [1.165, 1.54) is 0 Å². The molecule has 6 nitrogen and oxygen atoms in total. The summed E-state index contributed by atoms with van der Waals surface area (Å²) in [4.78, 5) is 12.3. The lowest BCUT2D eigenvalue weighted by Crippen LogP contribution is -2.02. The monoisotopic (exact) mass is 336 g/mol. The number of ether oxygens (including phenoxy) is 1. The number of ketones is 1. The molecule has 0 radical (unpaired) electrons. The third-order valence-electron chi connectivity index (χ3n) is 3.90. The molecule has 0 aliphatic heterocycles. The van der Waals surface area contributed by atoms with E-state index in [-0.39, 0.29) is 5.78 Å². The molecule has 3 aromatic rings. The number of rotatable bonds is 6. The smallest absolute Gasteiger partial charge is 0.189 e. The molecule has 0 aliphatic rings. The summed E-state index contributed by atoms with van der Waals surface area (Å²) in [5.74, 6) is 0.733. The van der Waals surface area contributed by atoms with Crippen LogP contribution in [-0.2, 0) is 13.6 Å². The van der Waals surface area contributed by atoms with Crippen LogP contribution in [0.1, 0.15) is 27.2 Å². The summed E-state index contributed by atoms with van der Waals surface area (Å²) in [6, 6.07) is 7.70. The van der Waals surface area contributed by atoms with Gasteiger partial charge in [0.2, 0.25) is 0 Å². The van der Waals surface area contributed by atoms with Gasteiger partial charge in [-0.05, 0) is 36.8 Å². The van der Waals surface area contributed by atoms with Crippen molar-refractivity contribution in [2.45, 2.75) is 13.5 Å². The predicted octanol–water partition coefficient (Wildman–Crippen LogP) is 2.88. The molecule has 0 saturated heterocycles. The standard InChI is InChI=1S/C19H20N4O2/c1-14-17(13-22(2)21-14)18(24)7-5-15-6-8-19(25-3)16(11-15)12-23-10-4-9-20-23/h4-11,13H,12H2,1-3H3/b7-5+. The number of carbonyl (C=O) groups is 1. The number of aryl methyl sites for hydroxylation is 2. The van der Waals surface area contributed by atoms with Crippen molar-refractivity contribution in [3.63, 3.8) is 0 Å². The van der Waals surface area contributed by atoms with Gasteiger partial charge in [0, 0.05) is 31.2 Å². The highest BCUT2D eigenvalue weighted by atomic mass is 16.5. The molecule has 0 unspecified atom stereocenters. The van der Waals surface area contributed by atoms with Crippen LogP contribution < -0.4 is 4.74 Å². The van der Waals surface area contributed by atoms with E-state index in [0.29, 0.717) is 12.1 Å². The molecule has 1 aromatic carbocycles. The summed E-state index contributed by atoms with van der Waals surface area (Å²) in [7, 11) is 3.45. The topological polar surface area (TPSA) is 61.9 Å². The molecule has 128 valence electrons. The van der Waals surface area contributed by atoms with Crippen molar-refractivity contribution in [2.24, 2.45) is 7.05 Å². The van der Waals surface area contributed by atoms with E-state index in [4.69, 9.17) is 4.74 Å². The van der Waals surface area contributed by atoms with Gasteiger partial charge in [0.05, 0.1) is 24.9 Å². The van der Waals surface area contributed by atoms with Crippen LogP contribution in [0.4, 0.5) is 0 Å². The van der Waals surface area contributed by atoms with Gasteiger partial charge in [-0.3, -0.25) is 14.2 Å². The Kier molecular flexibility index (Phi) is 4.79. The van der Waals surface area contributed by atoms with E-state index in [1.54, 1.807) is 43.4 Å². The summed E-state index contributed by atoms with van der Waals surface area (Å²) in [5, 5.41) is 8.42. The molecule has 2 heterocycles. The number of carbonyl (C=O) groups excluding carboxylic acids is 1. The molecule has 2 aromatic heterocycles. The molecule has 3 rings (SSSR count). The zero-order valence-electron chi connectivity index (χ0n) is 14.5. The number of methoxy groups -OCH3 is 1. The van der Waals surface area contributed by atoms with Crippen LogP contribution in [0.2, 0.25) is 0 Å². The molecule has 0 saturated carbocycles. The fourth-order valence-corrected chi connectivity index (χ4v) is 2.70. The lowest BCUT2D eigenvalue weighted by Gasteiger charge is -2.09. The number of aromatic nitrogens is 4. The van der Waals surface area contributed by atoms with Gasteiger partial charge in [-0.15, -0.1) is 0 Å². The average molecular weight is 336 g/mol. The summed E-state index contributed by atoms with van der Waals surface area (Å²) in [5.41, 5.74) is 3.27. The molecule has 0 fully saturated rings. The van der Waals surface area contributed by atoms with Gasteiger partial charge in [0.15, 0.2) is 5.78 Å². The van der Waals surface area contributed by atoms with Crippen LogP contribution in [0.3, 0.4) is 0 Å². The van der Waals surface area contributed by atoms with Crippen LogP contribution in [0.15, 0.2) is 48.9 Å². The minimum absolute atomic E-state index is 0.0601. The van der Waals surface area contributed by atoms with E-state index < -0.39 is 0 Å². The first-order chi connectivity index (χ1) is 12.1. The Morgan fingerprint density at radius 1 is 1.36 bits per heavy atom. The molecule has 0 aliphatic carbocycles. The van der Waals surface area contributed by atoms with E-state index >= 15 is 0 Å². The third kappa shape index (κ3) is 3.85. The van der Waals surface area contributed by atoms with Gasteiger partial charge in [-0.25, -0.2) is 0 Å². The maximum absolute atomic E-state index is 12.3. The van der Waals surface area contributed by atoms with Gasteiger partial charge in [0.25, 0.3) is 0 Å². The first-order valence-corrected chi connectivity index (χ1v) is 7.94. The maximum atomic E-state index is 12.3. The van der Waals surface area contributed by atoms with Crippen molar-refractivity contribution in [1.82, 2.24) is 19.6 Å². The Balaban J connectivity index is 1.82. The first-order valence-electron chi connectivity index (χ1n) is 7.94. The quantitative estimate of drug-likeness (QED) is 0.513. The van der Waals surface area contributed by atoms with E-state index in [1.807, 2.05) is 42.1 Å². The Bertz CT molecular complexity index is 908. The van der Waals surface area contributed by atoms with Crippen molar-refractivity contribution in [3.05, 3.63) is 71.3 Å². The largest absolute Gasteiger partial charge is 0.496 e. The van der Waals surface area contributed by atoms with Crippen molar-refractivity contribution < 1.29 is 9.53 Å². The second-order valence-corrected chi connectivity index (χ2v) is 5.77. The van der Waals surface area contributed by atoms with Gasteiger partial charge in [-0.1, -0.05) is 12.1 Å². The Hall–Kier alpha value is -3.15. The third-order valence-corrected chi connectivity index (χ3v) is 3.90. The molecule has 6 heteroatoms. The Labute approximate surface area is 146 Å². The minimum Gasteiger partial charge on any atom is -0.496 e. The molecular weight excluding hydrogens is 316 g/mol. The fourth-order valence-electron chi connectivity index (χ4n) is 2.70. The van der Waals surface area contributed by atoms with Gasteiger partial charge >= 0.3 is 0 Å². The van der Waals surface area contributed by atoms with Crippen molar-refractivity contribution in [3.8, 4) is 5.75 Å². The lowest BCUT2D eigenvalue weighted by atomic mass is 10.1. The predicted molar refractivity (Wildman–Crippen MR) is 95.6 cm³/mol. The SMILES string of the molecule is COc1ccc(/C=C/C(=O)c2cn(C)nc2C)cc1Cn1cccn1. The number of hydrogen-bond donors (Lipinski definition) is 0. The zero-order chi connectivity index (χ0) is 17.8. The number of hydrogen-bond acceptors (Lipinski definition) is 4. The minimum atomic E-state index is -0.0601. The summed E-state index contributed by atoms with van der Waals surface area (Å²) in [6.07, 6.45) is 8.76. The highest BCUT2D eigenvalue weighted by Gasteiger charge is 2.10. The van der Waals surface area contributed by atoms with Gasteiger partial charge in [0.1, 0.15) is 5.75 Å². The maximum Gasteiger partial charge on any atom is 0.189 e. The highest BCUT2D eigenvalue weighted by molar-refractivity contribution is 6.07. The summed E-state index contributed by atoms with van der Waals surface area (Å²) in [6.45, 7) is 2.43. The molecule has 25 heavy (non-hydrogen) atoms. The summed E-state index contributed by atoms with van der Waals surface area (Å²) < 4.78 is 8.89. The Morgan fingerprint density at radius 2 is 2.20 bits per heavy atom. The molecular formula is C19H20N4O2. The molecule has 0 N–H and O–H groups in total. The number of allylic oxidation sites excluding steroid dienone is 1. The second kappa shape index (κ2) is 7.17. The van der Waals surface area contributed by atoms with Gasteiger partial charge < -0.3 is 4.74 Å². The van der Waals surface area contributed by atoms with Crippen LogP contribution >= 0.6 is 0 Å². The normalized spacial score (nSPS) is 11.2. The number of benzene rings is 1. The van der Waals surface area contributed by atoms with Crippen LogP contribution in [0.25, 0.3) is 6.08 Å². The van der Waals surface area contributed by atoms with Crippen molar-refractivity contribution in [1.29, 1.82) is 0 Å². The first kappa shape index (κ1) is 16.7. The van der Waals surface area contributed by atoms with Crippen LogP contribution in [0.5, 0.6) is 5.75 Å². The lowest BCUT2D eigenvalue weighted by molar-refractivity contribution is 0.104. The zero-order valence-corrected chi connectivity index (χ0v) is 14.5. The molecule has 0 amide bonds. The number of nitrogens with zero attached hydrogens (tertiary/aromatic N) is 4. The van der Waals surface area contributed by atoms with Crippen LogP contribution in [0, 0.1) is 6.92 Å². The highest BCUT2D eigenvalue weighted by Crippen LogP contribution is 2.22. The van der Waals surface area contributed by atoms with Crippen LogP contribution in [-0.4, -0.2) is 32.5 Å². The Morgan fingerprint density at radius 3 is 2.84 bits per heavy atom. The molecule has 0 atom stereocenters.